The molecule has 14 heteroatoms. The van der Waals surface area contributed by atoms with Gasteiger partial charge in [-0.2, -0.15) is 0 Å². The minimum Gasteiger partial charge on any atom is -0.504 e. The van der Waals surface area contributed by atoms with Crippen LogP contribution in [0.25, 0.3) is 0 Å². The highest BCUT2D eigenvalue weighted by Gasteiger charge is 2.64. The number of esters is 1. The number of ether oxygens (including phenoxy) is 5. The van der Waals surface area contributed by atoms with Gasteiger partial charge in [0, 0.05) is 23.7 Å². The summed E-state index contributed by atoms with van der Waals surface area (Å²) in [6.07, 6.45) is -9.15. The van der Waals surface area contributed by atoms with Gasteiger partial charge in [0.25, 0.3) is 0 Å². The van der Waals surface area contributed by atoms with Crippen molar-refractivity contribution in [1.82, 2.24) is 0 Å². The fourth-order valence-corrected chi connectivity index (χ4v) is 12.2. The third kappa shape index (κ3) is 7.42. The van der Waals surface area contributed by atoms with Gasteiger partial charge in [-0.25, -0.2) is 4.79 Å². The van der Waals surface area contributed by atoms with Crippen LogP contribution in [-0.4, -0.2) is 123 Å². The highest BCUT2D eigenvalue weighted by atomic mass is 16.7. The average Bonchev–Trinajstić information content (AvgIpc) is 3.36. The van der Waals surface area contributed by atoms with Crippen LogP contribution in [0, 0.1) is 52.3 Å². The van der Waals surface area contributed by atoms with Crippen molar-refractivity contribution in [2.24, 2.45) is 52.3 Å². The van der Waals surface area contributed by atoms with E-state index >= 15 is 0 Å². The summed E-state index contributed by atoms with van der Waals surface area (Å²) in [4.78, 5) is 40.3. The zero-order valence-corrected chi connectivity index (χ0v) is 34.2. The minimum absolute atomic E-state index is 0.0445. The van der Waals surface area contributed by atoms with Crippen LogP contribution in [0.2, 0.25) is 0 Å². The number of Topliss-reactive ketones (excluding diaryl/α,β-unsaturated/α-hetero) is 2. The molecule has 0 aromatic carbocycles. The Labute approximate surface area is 330 Å². The maximum atomic E-state index is 14.0. The Morgan fingerprint density at radius 2 is 1.54 bits per heavy atom. The molecule has 318 valence electrons. The van der Waals surface area contributed by atoms with Crippen LogP contribution in [0.5, 0.6) is 0 Å². The predicted molar refractivity (Wildman–Crippen MR) is 199 cm³/mol. The predicted octanol–water partition coefficient (Wildman–Crippen LogP) is 3.13. The molecule has 2 heterocycles. The highest BCUT2D eigenvalue weighted by molar-refractivity contribution is 6.00. The number of aliphatic hydroxyl groups is 6. The van der Waals surface area contributed by atoms with E-state index in [4.69, 9.17) is 23.7 Å². The molecule has 0 spiro atoms. The lowest BCUT2D eigenvalue weighted by molar-refractivity contribution is -0.356. The molecule has 0 amide bonds. The van der Waals surface area contributed by atoms with Gasteiger partial charge < -0.3 is 54.3 Å². The van der Waals surface area contributed by atoms with Crippen molar-refractivity contribution in [2.75, 3.05) is 7.11 Å². The van der Waals surface area contributed by atoms with Crippen molar-refractivity contribution in [2.45, 2.75) is 174 Å². The van der Waals surface area contributed by atoms with Crippen molar-refractivity contribution in [3.8, 4) is 0 Å². The van der Waals surface area contributed by atoms with Crippen molar-refractivity contribution in [1.29, 1.82) is 0 Å². The van der Waals surface area contributed by atoms with E-state index in [2.05, 4.69) is 27.7 Å². The summed E-state index contributed by atoms with van der Waals surface area (Å²) in [7, 11) is 1.13. The highest BCUT2D eigenvalue weighted by Crippen LogP contribution is 2.67. The van der Waals surface area contributed by atoms with Gasteiger partial charge in [-0.05, 0) is 98.9 Å². The molecule has 5 fully saturated rings. The normalized spacial score (nSPS) is 46.5. The van der Waals surface area contributed by atoms with E-state index in [1.54, 1.807) is 0 Å². The molecule has 3 saturated carbocycles. The number of fused-ring (bicyclic) bond motifs is 5. The molecule has 0 bridgehead atoms. The van der Waals surface area contributed by atoms with E-state index in [9.17, 15) is 45.0 Å². The van der Waals surface area contributed by atoms with Crippen LogP contribution in [0.3, 0.4) is 0 Å². The molecule has 0 aromatic rings. The Hall–Kier alpha value is -2.01. The third-order valence-corrected chi connectivity index (χ3v) is 15.2. The summed E-state index contributed by atoms with van der Waals surface area (Å²) in [6, 6.07) is 0. The summed E-state index contributed by atoms with van der Waals surface area (Å²) in [6.45, 7) is 14.0. The summed E-state index contributed by atoms with van der Waals surface area (Å²) in [5, 5.41) is 64.7. The van der Waals surface area contributed by atoms with Crippen LogP contribution in [0.15, 0.2) is 11.3 Å². The fourth-order valence-electron chi connectivity index (χ4n) is 12.2. The molecule has 6 aliphatic rings. The van der Waals surface area contributed by atoms with Crippen molar-refractivity contribution in [3.63, 3.8) is 0 Å². The minimum atomic E-state index is -1.74. The topological polar surface area (TPSA) is 219 Å². The largest absolute Gasteiger partial charge is 0.504 e. The van der Waals surface area contributed by atoms with E-state index in [1.807, 2.05) is 13.8 Å². The molecule has 2 aliphatic heterocycles. The second-order valence-electron chi connectivity index (χ2n) is 18.7. The van der Waals surface area contributed by atoms with Gasteiger partial charge in [-0.3, -0.25) is 9.59 Å². The molecule has 0 radical (unpaired) electrons. The Bertz CT molecular complexity index is 1500. The van der Waals surface area contributed by atoms with Gasteiger partial charge in [0.2, 0.25) is 5.78 Å². The molecule has 0 aromatic heterocycles. The second-order valence-corrected chi connectivity index (χ2v) is 18.7. The molecule has 56 heavy (non-hydrogen) atoms. The third-order valence-electron chi connectivity index (χ3n) is 15.2. The number of allylic oxidation sites excluding steroid dienone is 2. The molecular formula is C42H66O14. The molecule has 6 rings (SSSR count). The second kappa shape index (κ2) is 16.6. The first-order chi connectivity index (χ1) is 26.3. The molecule has 2 saturated heterocycles. The Balaban J connectivity index is 1.12. The van der Waals surface area contributed by atoms with Crippen LogP contribution in [0.1, 0.15) is 106 Å². The summed E-state index contributed by atoms with van der Waals surface area (Å²) in [5.74, 6) is -0.823. The molecular weight excluding hydrogens is 728 g/mol. The number of carbonyl (C=O) groups excluding carboxylic acids is 3. The van der Waals surface area contributed by atoms with Gasteiger partial charge in [-0.15, -0.1) is 0 Å². The van der Waals surface area contributed by atoms with E-state index in [-0.39, 0.29) is 70.3 Å². The van der Waals surface area contributed by atoms with E-state index in [0.717, 1.165) is 51.2 Å². The lowest BCUT2D eigenvalue weighted by Gasteiger charge is -2.60. The van der Waals surface area contributed by atoms with Crippen molar-refractivity contribution < 1.29 is 68.7 Å². The van der Waals surface area contributed by atoms with Crippen LogP contribution in [-0.2, 0) is 38.1 Å². The Morgan fingerprint density at radius 1 is 0.875 bits per heavy atom. The van der Waals surface area contributed by atoms with E-state index in [0.29, 0.717) is 19.3 Å². The fraction of sp³-hybridized carbons (Fsp3) is 0.881. The smallest absolute Gasteiger partial charge is 0.337 e. The lowest BCUT2D eigenvalue weighted by Crippen LogP contribution is -2.65. The van der Waals surface area contributed by atoms with Crippen LogP contribution in [0.4, 0.5) is 0 Å². The zero-order chi connectivity index (χ0) is 41.2. The molecule has 0 unspecified atom stereocenters. The molecule has 19 atom stereocenters. The quantitative estimate of drug-likeness (QED) is 0.131. The molecule has 4 aliphatic carbocycles. The Morgan fingerprint density at radius 3 is 2.18 bits per heavy atom. The lowest BCUT2D eigenvalue weighted by atomic mass is 9.44. The molecule has 14 nitrogen and oxygen atoms in total. The van der Waals surface area contributed by atoms with Gasteiger partial charge >= 0.3 is 5.97 Å². The number of carbonyl (C=O) groups is 3. The summed E-state index contributed by atoms with van der Waals surface area (Å²) < 4.78 is 28.4. The van der Waals surface area contributed by atoms with Crippen molar-refractivity contribution in [3.05, 3.63) is 11.3 Å². The maximum absolute atomic E-state index is 14.0. The van der Waals surface area contributed by atoms with Crippen LogP contribution >= 0.6 is 0 Å². The van der Waals surface area contributed by atoms with Gasteiger partial charge in [0.15, 0.2) is 24.4 Å². The van der Waals surface area contributed by atoms with Gasteiger partial charge in [0.1, 0.15) is 42.4 Å². The van der Waals surface area contributed by atoms with Crippen LogP contribution < -0.4 is 0 Å². The van der Waals surface area contributed by atoms with E-state index in [1.165, 1.54) is 6.92 Å². The van der Waals surface area contributed by atoms with Crippen molar-refractivity contribution >= 4 is 17.5 Å². The standard InChI is InChI=1S/C42H66O14/c1-9-23(18(2)3)26(43)16-19(4)27-30(45)31(46)28-24-11-10-21-17-22(12-14-41(21,6)25(24)13-15-42(27,28)7)54-40-35(50)33(48)36(37(56-40)38(51)52-8)55-39-34(49)32(47)29(44)20(5)53-39/h18-25,28-29,32-37,39-40,44-45,47-50H,9-17H2,1-8H3/t19-,20+,21+,22+,23-,24-,25+,28+,29+,32-,33-,34-,35-,36+,37+,39-,40-,41+,42-/m1/s1. The Kier molecular flexibility index (Phi) is 12.9. The van der Waals surface area contributed by atoms with E-state index < -0.39 is 72.8 Å². The average molecular weight is 795 g/mol. The molecule has 6 N–H and O–H groups in total. The number of aliphatic hydroxyl groups excluding tert-OH is 6. The maximum Gasteiger partial charge on any atom is 0.337 e. The number of hydrogen-bond acceptors (Lipinski definition) is 14. The number of methoxy groups -OCH3 is 1. The summed E-state index contributed by atoms with van der Waals surface area (Å²) >= 11 is 0. The number of rotatable bonds is 11. The number of ketones is 2. The first-order valence-electron chi connectivity index (χ1n) is 20.9. The first-order valence-corrected chi connectivity index (χ1v) is 20.9. The SMILES string of the molecule is CC[C@@H](C(=O)C[C@@H](C)C1=C(O)C(=O)[C@@H]2[C@@H]3CC[C@H]4C[C@@H](O[C@@H]5O[C@H](C(=O)OC)[C@@H](O[C@H]6O[C@@H](C)[C@H](O)[C@@H](O)[C@H]6O)[C@H](O)[C@H]5O)CC[C@]4(C)[C@H]3CC[C@]12C)C(C)C. The zero-order valence-electron chi connectivity index (χ0n) is 34.2. The van der Waals surface area contributed by atoms with Gasteiger partial charge in [-0.1, -0.05) is 41.5 Å². The number of hydrogen-bond donors (Lipinski definition) is 6. The monoisotopic (exact) mass is 794 g/mol. The van der Waals surface area contributed by atoms with Gasteiger partial charge in [0.05, 0.1) is 19.3 Å². The summed E-state index contributed by atoms with van der Waals surface area (Å²) in [5.41, 5.74) is 0.158. The first kappa shape index (κ1) is 43.6.